The Bertz CT molecular complexity index is 1440. The van der Waals surface area contributed by atoms with Gasteiger partial charge in [0.25, 0.3) is 5.88 Å². The van der Waals surface area contributed by atoms with E-state index in [2.05, 4.69) is 25.4 Å². The van der Waals surface area contributed by atoms with Crippen molar-refractivity contribution in [2.45, 2.75) is 26.1 Å². The van der Waals surface area contributed by atoms with Crippen molar-refractivity contribution in [2.24, 2.45) is 5.11 Å². The van der Waals surface area contributed by atoms with E-state index in [-0.39, 0.29) is 23.3 Å². The maximum atomic E-state index is 12.2. The van der Waals surface area contributed by atoms with Crippen LogP contribution in [0.1, 0.15) is 27.5 Å². The fraction of sp³-hybridized carbons (Fsp3) is 0.240. The van der Waals surface area contributed by atoms with Gasteiger partial charge in [-0.2, -0.15) is 5.11 Å². The second kappa shape index (κ2) is 10.6. The Kier molecular flexibility index (Phi) is 7.48. The van der Waals surface area contributed by atoms with E-state index >= 15 is 0 Å². The van der Waals surface area contributed by atoms with Crippen LogP contribution >= 0.6 is 22.9 Å². The highest BCUT2D eigenvalue weighted by molar-refractivity contribution is 7.09. The molecule has 4 aromatic rings. The molecule has 0 spiro atoms. The minimum Gasteiger partial charge on any atom is -0.479 e. The maximum Gasteiger partial charge on any atom is 0.258 e. The van der Waals surface area contributed by atoms with Gasteiger partial charge in [-0.15, -0.1) is 11.3 Å². The number of nitrogens with zero attached hydrogens (tertiary/aromatic N) is 4. The molecule has 0 fully saturated rings. The van der Waals surface area contributed by atoms with Crippen LogP contribution in [0.15, 0.2) is 58.9 Å². The maximum absolute atomic E-state index is 12.2. The standard InChI is InChI=1S/C25H25ClN6O3S/c1-14-5-7-18(15(2)31-14)25(33,20(28-3)12-30-27)16-6-8-19-17(11-16)22(26)23(24(32-19)34-4)35-13-21-29-9-10-36-21/h5-12,27-28,33H,13H2,1-4H3/b20-12-,30-27?. The van der Waals surface area contributed by atoms with E-state index < -0.39 is 5.60 Å². The largest absolute Gasteiger partial charge is 0.479 e. The van der Waals surface area contributed by atoms with Crippen LogP contribution in [0.2, 0.25) is 5.02 Å². The molecule has 1 atom stereocenters. The van der Waals surface area contributed by atoms with Crippen LogP contribution in [0.3, 0.4) is 0 Å². The van der Waals surface area contributed by atoms with Gasteiger partial charge >= 0.3 is 0 Å². The van der Waals surface area contributed by atoms with Crippen LogP contribution in [0.4, 0.5) is 0 Å². The van der Waals surface area contributed by atoms with Gasteiger partial charge in [0.15, 0.2) is 5.60 Å². The van der Waals surface area contributed by atoms with Crippen molar-refractivity contribution in [3.8, 4) is 11.6 Å². The summed E-state index contributed by atoms with van der Waals surface area (Å²) in [4.78, 5) is 13.3. The van der Waals surface area contributed by atoms with Gasteiger partial charge in [-0.3, -0.25) is 4.98 Å². The highest BCUT2D eigenvalue weighted by atomic mass is 35.5. The number of aliphatic hydroxyl groups is 1. The van der Waals surface area contributed by atoms with Gasteiger partial charge in [-0.05, 0) is 37.6 Å². The zero-order valence-electron chi connectivity index (χ0n) is 20.2. The molecule has 4 rings (SSSR count). The van der Waals surface area contributed by atoms with E-state index in [1.807, 2.05) is 31.4 Å². The molecule has 0 bridgehead atoms. The number of hydrogen-bond acceptors (Lipinski definition) is 10. The Hall–Kier alpha value is -3.60. The lowest BCUT2D eigenvalue weighted by atomic mass is 9.82. The lowest BCUT2D eigenvalue weighted by Crippen LogP contribution is -2.36. The lowest BCUT2D eigenvalue weighted by molar-refractivity contribution is 0.112. The van der Waals surface area contributed by atoms with Crippen molar-refractivity contribution >= 4 is 33.8 Å². The third-order valence-electron chi connectivity index (χ3n) is 5.75. The van der Waals surface area contributed by atoms with Crippen molar-refractivity contribution in [1.29, 1.82) is 5.53 Å². The van der Waals surface area contributed by atoms with Gasteiger partial charge in [-0.25, -0.2) is 15.5 Å². The summed E-state index contributed by atoms with van der Waals surface area (Å²) in [6, 6.07) is 8.87. The Morgan fingerprint density at radius 2 is 2.08 bits per heavy atom. The number of likely N-dealkylation sites (N-methyl/N-ethyl adjacent to an activating group) is 1. The number of halogens is 1. The third-order valence-corrected chi connectivity index (χ3v) is 6.88. The zero-order valence-corrected chi connectivity index (χ0v) is 21.7. The molecule has 0 aliphatic rings. The summed E-state index contributed by atoms with van der Waals surface area (Å²) >= 11 is 8.29. The molecule has 3 heterocycles. The quantitative estimate of drug-likeness (QED) is 0.254. The first-order valence-corrected chi connectivity index (χ1v) is 12.2. The fourth-order valence-corrected chi connectivity index (χ4v) is 4.88. The number of fused-ring (bicyclic) bond motifs is 1. The average molecular weight is 525 g/mol. The molecule has 0 amide bonds. The molecule has 3 N–H and O–H groups in total. The van der Waals surface area contributed by atoms with Crippen molar-refractivity contribution in [3.63, 3.8) is 0 Å². The number of benzene rings is 1. The van der Waals surface area contributed by atoms with Crippen LogP contribution in [0.5, 0.6) is 11.6 Å². The molecular weight excluding hydrogens is 500 g/mol. The number of nitrogens with one attached hydrogen (secondary N) is 2. The average Bonchev–Trinajstić information content (AvgIpc) is 3.39. The Labute approximate surface area is 217 Å². The third kappa shape index (κ3) is 4.62. The van der Waals surface area contributed by atoms with E-state index in [0.29, 0.717) is 33.4 Å². The number of pyridine rings is 2. The molecular formula is C25H25ClN6O3S. The van der Waals surface area contributed by atoms with Gasteiger partial charge in [0.2, 0.25) is 5.75 Å². The lowest BCUT2D eigenvalue weighted by Gasteiger charge is -2.32. The zero-order chi connectivity index (χ0) is 25.9. The fourth-order valence-electron chi connectivity index (χ4n) is 4.06. The molecule has 0 saturated carbocycles. The molecule has 36 heavy (non-hydrogen) atoms. The predicted octanol–water partition coefficient (Wildman–Crippen LogP) is 5.27. The number of ether oxygens (including phenoxy) is 2. The number of hydrogen-bond donors (Lipinski definition) is 3. The van der Waals surface area contributed by atoms with E-state index in [0.717, 1.165) is 10.7 Å². The Balaban J connectivity index is 1.92. The van der Waals surface area contributed by atoms with Crippen LogP contribution in [-0.4, -0.2) is 34.2 Å². The van der Waals surface area contributed by atoms with Gasteiger partial charge in [0.1, 0.15) is 11.6 Å². The first-order valence-electron chi connectivity index (χ1n) is 10.9. The number of methoxy groups -OCH3 is 1. The van der Waals surface area contributed by atoms with Crippen LogP contribution < -0.4 is 14.8 Å². The van der Waals surface area contributed by atoms with Crippen molar-refractivity contribution in [2.75, 3.05) is 14.2 Å². The first-order chi connectivity index (χ1) is 17.3. The number of rotatable bonds is 9. The van der Waals surface area contributed by atoms with Gasteiger partial charge in [0.05, 0.1) is 29.5 Å². The summed E-state index contributed by atoms with van der Waals surface area (Å²) < 4.78 is 11.4. The van der Waals surface area contributed by atoms with E-state index in [4.69, 9.17) is 26.6 Å². The SMILES string of the molecule is CN/C(=C\N=N)C(O)(c1ccc2nc(OC)c(OCc3nccs3)c(Cl)c2c1)c1ccc(C)nc1C. The molecule has 3 aromatic heterocycles. The number of thiazole rings is 1. The first kappa shape index (κ1) is 25.5. The van der Waals surface area contributed by atoms with Crippen molar-refractivity contribution in [1.82, 2.24) is 20.3 Å². The highest BCUT2D eigenvalue weighted by Gasteiger charge is 2.38. The van der Waals surface area contributed by atoms with E-state index in [1.54, 1.807) is 31.4 Å². The summed E-state index contributed by atoms with van der Waals surface area (Å²) in [7, 11) is 3.15. The van der Waals surface area contributed by atoms with E-state index in [1.165, 1.54) is 24.6 Å². The molecule has 11 heteroatoms. The summed E-state index contributed by atoms with van der Waals surface area (Å²) in [6.45, 7) is 3.91. The highest BCUT2D eigenvalue weighted by Crippen LogP contribution is 2.43. The monoisotopic (exact) mass is 524 g/mol. The normalized spacial score (nSPS) is 13.3. The van der Waals surface area contributed by atoms with Crippen LogP contribution in [-0.2, 0) is 12.2 Å². The van der Waals surface area contributed by atoms with Gasteiger partial charge in [-0.1, -0.05) is 23.7 Å². The second-order valence-electron chi connectivity index (χ2n) is 7.93. The predicted molar refractivity (Wildman–Crippen MR) is 139 cm³/mol. The molecule has 0 radical (unpaired) electrons. The van der Waals surface area contributed by atoms with Gasteiger partial charge < -0.3 is 19.9 Å². The Morgan fingerprint density at radius 3 is 2.72 bits per heavy atom. The van der Waals surface area contributed by atoms with E-state index in [9.17, 15) is 5.11 Å². The summed E-state index contributed by atoms with van der Waals surface area (Å²) in [6.07, 6.45) is 2.96. The molecule has 0 aliphatic heterocycles. The molecule has 9 nitrogen and oxygen atoms in total. The van der Waals surface area contributed by atoms with Crippen LogP contribution in [0, 0.1) is 19.4 Å². The number of aromatic nitrogens is 3. The summed E-state index contributed by atoms with van der Waals surface area (Å²) in [5.74, 6) is 0.524. The van der Waals surface area contributed by atoms with Crippen molar-refractivity contribution in [3.05, 3.63) is 86.4 Å². The number of aryl methyl sites for hydroxylation is 2. The minimum absolute atomic E-state index is 0.205. The summed E-state index contributed by atoms with van der Waals surface area (Å²) in [5, 5.41) is 22.1. The van der Waals surface area contributed by atoms with Crippen molar-refractivity contribution < 1.29 is 14.6 Å². The summed E-state index contributed by atoms with van der Waals surface area (Å²) in [5.41, 5.74) is 9.01. The molecule has 0 saturated heterocycles. The molecule has 1 aromatic carbocycles. The second-order valence-corrected chi connectivity index (χ2v) is 9.29. The molecule has 0 aliphatic carbocycles. The topological polar surface area (TPSA) is 126 Å². The van der Waals surface area contributed by atoms with Crippen LogP contribution in [0.25, 0.3) is 10.9 Å². The van der Waals surface area contributed by atoms with Gasteiger partial charge in [0, 0.05) is 41.0 Å². The smallest absolute Gasteiger partial charge is 0.258 e. The Morgan fingerprint density at radius 1 is 1.28 bits per heavy atom. The minimum atomic E-state index is -1.70. The molecule has 186 valence electrons. The molecule has 1 unspecified atom stereocenters.